The molecule has 0 radical (unpaired) electrons. The predicted octanol–water partition coefficient (Wildman–Crippen LogP) is 5.79. The van der Waals surface area contributed by atoms with E-state index in [2.05, 4.69) is 43.7 Å². The summed E-state index contributed by atoms with van der Waals surface area (Å²) in [6, 6.07) is 0. The van der Waals surface area contributed by atoms with Crippen molar-refractivity contribution in [3.05, 3.63) is 11.6 Å². The molecule has 4 aliphatic rings. The van der Waals surface area contributed by atoms with Crippen LogP contribution < -0.4 is 0 Å². The average Bonchev–Trinajstić information content (AvgIpc) is 2.93. The first kappa shape index (κ1) is 20.2. The van der Waals surface area contributed by atoms with Crippen molar-refractivity contribution in [1.82, 2.24) is 0 Å². The van der Waals surface area contributed by atoms with E-state index < -0.39 is 8.32 Å². The minimum atomic E-state index is -1.70. The van der Waals surface area contributed by atoms with Crippen LogP contribution in [0.1, 0.15) is 58.3 Å². The average molecular weight is 400 g/mol. The minimum absolute atomic E-state index is 0.141. The molecule has 3 saturated carbocycles. The van der Waals surface area contributed by atoms with Gasteiger partial charge in [0.05, 0.1) is 5.71 Å². The maximum absolute atomic E-state index is 6.80. The van der Waals surface area contributed by atoms with E-state index in [9.17, 15) is 0 Å². The molecule has 0 heterocycles. The van der Waals surface area contributed by atoms with E-state index in [0.717, 1.165) is 36.3 Å². The Morgan fingerprint density at radius 3 is 2.57 bits per heavy atom. The summed E-state index contributed by atoms with van der Waals surface area (Å²) in [5.74, 6) is 6.31. The molecule has 0 aromatic carbocycles. The van der Waals surface area contributed by atoms with Crippen LogP contribution in [0, 0.1) is 41.4 Å². The fraction of sp³-hybridized carbons (Fsp3) is 0.792. The highest BCUT2D eigenvalue weighted by molar-refractivity contribution is 6.69. The summed E-state index contributed by atoms with van der Waals surface area (Å²) < 4.78 is 6.80. The molecule has 6 atom stereocenters. The summed E-state index contributed by atoms with van der Waals surface area (Å²) in [7, 11) is -0.0531. The first-order valence-corrected chi connectivity index (χ1v) is 14.6. The van der Waals surface area contributed by atoms with Crippen LogP contribution in [0.5, 0.6) is 0 Å². The number of allylic oxidation sites excluding steroid dienone is 2. The SMILES string of the molecule is C#C[C@@]1(O[Si](C)(C)C)CC[C@H]2[C@@H]3CCC4=C/C(=N\OC)CC[C@@H]4[C@H]3CC[C@@]21C. The van der Waals surface area contributed by atoms with Gasteiger partial charge in [0.15, 0.2) is 8.32 Å². The molecule has 0 aliphatic heterocycles. The molecule has 28 heavy (non-hydrogen) atoms. The van der Waals surface area contributed by atoms with Gasteiger partial charge >= 0.3 is 0 Å². The van der Waals surface area contributed by atoms with Gasteiger partial charge in [0, 0.05) is 5.41 Å². The Morgan fingerprint density at radius 2 is 1.89 bits per heavy atom. The minimum Gasteiger partial charge on any atom is -0.401 e. The van der Waals surface area contributed by atoms with Crippen molar-refractivity contribution in [2.75, 3.05) is 7.11 Å². The lowest BCUT2D eigenvalue weighted by Crippen LogP contribution is -2.56. The number of hydrogen-bond donors (Lipinski definition) is 0. The second kappa shape index (κ2) is 7.02. The van der Waals surface area contributed by atoms with Crippen molar-refractivity contribution in [2.45, 2.75) is 83.5 Å². The highest BCUT2D eigenvalue weighted by Crippen LogP contribution is 2.66. The Morgan fingerprint density at radius 1 is 1.11 bits per heavy atom. The topological polar surface area (TPSA) is 30.8 Å². The molecule has 4 rings (SSSR count). The third-order valence-corrected chi connectivity index (χ3v) is 9.32. The first-order valence-electron chi connectivity index (χ1n) is 11.2. The summed E-state index contributed by atoms with van der Waals surface area (Å²) >= 11 is 0. The molecule has 4 aliphatic carbocycles. The molecule has 0 amide bonds. The Balaban J connectivity index is 1.60. The number of rotatable bonds is 3. The lowest BCUT2D eigenvalue weighted by molar-refractivity contribution is -0.0765. The molecule has 3 fully saturated rings. The van der Waals surface area contributed by atoms with Crippen LogP contribution in [-0.4, -0.2) is 26.7 Å². The highest BCUT2D eigenvalue weighted by atomic mass is 28.4. The molecule has 3 nitrogen and oxygen atoms in total. The van der Waals surface area contributed by atoms with E-state index >= 15 is 0 Å². The number of hydrogen-bond acceptors (Lipinski definition) is 3. The Kier molecular flexibility index (Phi) is 5.07. The van der Waals surface area contributed by atoms with Crippen molar-refractivity contribution in [1.29, 1.82) is 0 Å². The molecular weight excluding hydrogens is 362 g/mol. The van der Waals surface area contributed by atoms with Gasteiger partial charge in [-0.1, -0.05) is 23.6 Å². The zero-order valence-electron chi connectivity index (χ0n) is 18.4. The molecule has 4 heteroatoms. The molecule has 0 unspecified atom stereocenters. The number of oxime groups is 1. The van der Waals surface area contributed by atoms with E-state index in [0.29, 0.717) is 5.92 Å². The summed E-state index contributed by atoms with van der Waals surface area (Å²) in [6.07, 6.45) is 18.2. The lowest BCUT2D eigenvalue weighted by Gasteiger charge is -2.56. The van der Waals surface area contributed by atoms with Crippen molar-refractivity contribution in [3.8, 4) is 12.3 Å². The van der Waals surface area contributed by atoms with Crippen molar-refractivity contribution in [3.63, 3.8) is 0 Å². The van der Waals surface area contributed by atoms with Gasteiger partial charge in [0.25, 0.3) is 0 Å². The molecule has 154 valence electrons. The molecule has 0 N–H and O–H groups in total. The highest BCUT2D eigenvalue weighted by Gasteiger charge is 2.63. The van der Waals surface area contributed by atoms with Crippen molar-refractivity contribution < 1.29 is 9.26 Å². The van der Waals surface area contributed by atoms with E-state index in [1.165, 1.54) is 38.5 Å². The van der Waals surface area contributed by atoms with Crippen LogP contribution in [0.4, 0.5) is 0 Å². The van der Waals surface area contributed by atoms with Crippen LogP contribution in [0.2, 0.25) is 19.6 Å². The van der Waals surface area contributed by atoms with E-state index in [1.54, 1.807) is 12.7 Å². The quantitative estimate of drug-likeness (QED) is 0.342. The van der Waals surface area contributed by atoms with Crippen molar-refractivity contribution in [2.24, 2.45) is 34.2 Å². The van der Waals surface area contributed by atoms with E-state index in [4.69, 9.17) is 15.7 Å². The third kappa shape index (κ3) is 3.10. The molecule has 0 saturated heterocycles. The maximum Gasteiger partial charge on any atom is 0.185 e. The van der Waals surface area contributed by atoms with Gasteiger partial charge in [-0.05, 0) is 101 Å². The van der Waals surface area contributed by atoms with E-state index in [-0.39, 0.29) is 11.0 Å². The maximum atomic E-state index is 6.80. The number of terminal acetylenes is 1. The smallest absolute Gasteiger partial charge is 0.185 e. The molecule has 0 aromatic rings. The number of nitrogens with zero attached hydrogens (tertiary/aromatic N) is 1. The van der Waals surface area contributed by atoms with Crippen LogP contribution in [-0.2, 0) is 9.26 Å². The van der Waals surface area contributed by atoms with Crippen LogP contribution in [0.3, 0.4) is 0 Å². The Labute approximate surface area is 172 Å². The third-order valence-electron chi connectivity index (χ3n) is 8.36. The fourth-order valence-corrected chi connectivity index (χ4v) is 8.78. The van der Waals surface area contributed by atoms with Gasteiger partial charge in [0.1, 0.15) is 12.7 Å². The molecule has 0 aromatic heterocycles. The number of fused-ring (bicyclic) bond motifs is 5. The van der Waals surface area contributed by atoms with Crippen molar-refractivity contribution >= 4 is 14.0 Å². The summed E-state index contributed by atoms with van der Waals surface area (Å²) in [5.41, 5.74) is 2.56. The van der Waals surface area contributed by atoms with Crippen LogP contribution >= 0.6 is 0 Å². The van der Waals surface area contributed by atoms with E-state index in [1.807, 2.05) is 0 Å². The Bertz CT molecular complexity index is 730. The Hall–Kier alpha value is -1.05. The fourth-order valence-electron chi connectivity index (χ4n) is 7.34. The van der Waals surface area contributed by atoms with Gasteiger partial charge in [-0.2, -0.15) is 0 Å². The summed E-state index contributed by atoms with van der Waals surface area (Å²) in [4.78, 5) is 5.03. The van der Waals surface area contributed by atoms with Gasteiger partial charge in [-0.25, -0.2) is 0 Å². The molecule has 0 spiro atoms. The van der Waals surface area contributed by atoms with Gasteiger partial charge in [-0.15, -0.1) is 6.42 Å². The standard InChI is InChI=1S/C24H37NO2Si/c1-7-24(27-28(4,5)6)15-13-22-21-10-8-17-16-18(25-26-3)9-11-19(17)20(21)12-14-23(22,24)2/h1,16,19-22H,8-15H2,2-6H3/b25-18-/t19-,20+,21+,22-,23-,24+/m0/s1. The second-order valence-corrected chi connectivity index (χ2v) is 15.2. The van der Waals surface area contributed by atoms with Gasteiger partial charge in [0.2, 0.25) is 0 Å². The largest absolute Gasteiger partial charge is 0.401 e. The summed E-state index contributed by atoms with van der Waals surface area (Å²) in [6.45, 7) is 9.32. The van der Waals surface area contributed by atoms with Gasteiger partial charge < -0.3 is 9.26 Å². The summed E-state index contributed by atoms with van der Waals surface area (Å²) in [5, 5.41) is 4.21. The predicted molar refractivity (Wildman–Crippen MR) is 118 cm³/mol. The van der Waals surface area contributed by atoms with Gasteiger partial charge in [-0.3, -0.25) is 0 Å². The lowest BCUT2D eigenvalue weighted by atomic mass is 9.50. The van der Waals surface area contributed by atoms with Crippen LogP contribution in [0.25, 0.3) is 0 Å². The zero-order chi connectivity index (χ0) is 20.2. The second-order valence-electron chi connectivity index (χ2n) is 10.8. The monoisotopic (exact) mass is 399 g/mol. The first-order chi connectivity index (χ1) is 13.2. The normalized spacial score (nSPS) is 44.1. The molecule has 0 bridgehead atoms. The molecular formula is C24H37NO2Si. The zero-order valence-corrected chi connectivity index (χ0v) is 19.4. The van der Waals surface area contributed by atoms with Crippen LogP contribution in [0.15, 0.2) is 16.8 Å².